The van der Waals surface area contributed by atoms with Crippen LogP contribution in [0.25, 0.3) is 10.6 Å². The molecule has 1 aliphatic rings. The Bertz CT molecular complexity index is 1020. The van der Waals surface area contributed by atoms with Gasteiger partial charge in [-0.2, -0.15) is 0 Å². The van der Waals surface area contributed by atoms with Gasteiger partial charge in [-0.05, 0) is 48.9 Å². The number of morpholine rings is 1. The Labute approximate surface area is 192 Å². The molecule has 1 amide bonds. The van der Waals surface area contributed by atoms with E-state index >= 15 is 0 Å². The maximum atomic E-state index is 12.5. The third kappa shape index (κ3) is 6.12. The molecule has 1 saturated heterocycles. The van der Waals surface area contributed by atoms with E-state index in [9.17, 15) is 4.79 Å². The molecule has 0 bridgehead atoms. The van der Waals surface area contributed by atoms with Gasteiger partial charge >= 0.3 is 0 Å². The highest BCUT2D eigenvalue weighted by Gasteiger charge is 2.13. The first kappa shape index (κ1) is 22.4. The average Bonchev–Trinajstić information content (AvgIpc) is 3.34. The predicted molar refractivity (Wildman–Crippen MR) is 125 cm³/mol. The number of thiophene rings is 1. The molecule has 2 aromatic heterocycles. The Morgan fingerprint density at radius 3 is 2.75 bits per heavy atom. The number of carbonyl (C=O) groups excluding carboxylic acids is 1. The van der Waals surface area contributed by atoms with Crippen LogP contribution in [0.3, 0.4) is 0 Å². The van der Waals surface area contributed by atoms with Gasteiger partial charge in [-0.25, -0.2) is 9.97 Å². The molecule has 0 unspecified atom stereocenters. The molecular weight excluding hydrogens is 424 g/mol. The lowest BCUT2D eigenvalue weighted by atomic mass is 10.1. The summed E-state index contributed by atoms with van der Waals surface area (Å²) in [6, 6.07) is 13.6. The minimum absolute atomic E-state index is 0.0317. The first-order valence-corrected chi connectivity index (χ1v) is 11.7. The van der Waals surface area contributed by atoms with Crippen LogP contribution in [0.5, 0.6) is 5.75 Å². The van der Waals surface area contributed by atoms with Crippen molar-refractivity contribution in [3.63, 3.8) is 0 Å². The number of hydrogen-bond donors (Lipinski definition) is 1. The molecule has 1 aliphatic heterocycles. The summed E-state index contributed by atoms with van der Waals surface area (Å²) in [6.07, 6.45) is 3.34. The maximum absolute atomic E-state index is 12.5. The van der Waals surface area contributed by atoms with Gasteiger partial charge in [-0.3, -0.25) is 9.69 Å². The SMILES string of the molecule is COc1ccc(Cc2nccc(-c3ccc(C(=O)NCCCN4CCOCC4)s3)n2)cc1. The van der Waals surface area contributed by atoms with Crippen LogP contribution in [0.2, 0.25) is 0 Å². The van der Waals surface area contributed by atoms with Gasteiger partial charge < -0.3 is 14.8 Å². The summed E-state index contributed by atoms with van der Waals surface area (Å²) in [6.45, 7) is 5.20. The van der Waals surface area contributed by atoms with Crippen molar-refractivity contribution in [3.05, 3.63) is 64.9 Å². The quantitative estimate of drug-likeness (QED) is 0.502. The number of ether oxygens (including phenoxy) is 2. The number of hydrogen-bond acceptors (Lipinski definition) is 7. The Morgan fingerprint density at radius 2 is 1.97 bits per heavy atom. The highest BCUT2D eigenvalue weighted by Crippen LogP contribution is 2.27. The van der Waals surface area contributed by atoms with E-state index in [2.05, 4.69) is 15.2 Å². The monoisotopic (exact) mass is 452 g/mol. The number of benzene rings is 1. The molecule has 3 aromatic rings. The van der Waals surface area contributed by atoms with E-state index in [1.807, 2.05) is 42.5 Å². The highest BCUT2D eigenvalue weighted by molar-refractivity contribution is 7.17. The van der Waals surface area contributed by atoms with Crippen molar-refractivity contribution < 1.29 is 14.3 Å². The van der Waals surface area contributed by atoms with Crippen molar-refractivity contribution in [3.8, 4) is 16.3 Å². The first-order chi connectivity index (χ1) is 15.7. The molecule has 0 atom stereocenters. The molecule has 0 radical (unpaired) electrons. The second-order valence-corrected chi connectivity index (χ2v) is 8.69. The maximum Gasteiger partial charge on any atom is 0.261 e. The van der Waals surface area contributed by atoms with Crippen molar-refractivity contribution in [2.24, 2.45) is 0 Å². The molecule has 0 spiro atoms. The normalized spacial score (nSPS) is 14.3. The standard InChI is InChI=1S/C24H28N4O3S/c1-30-19-5-3-18(4-6-19)17-23-25-11-9-20(27-23)21-7-8-22(32-21)24(29)26-10-2-12-28-13-15-31-16-14-28/h3-9,11H,2,10,12-17H2,1H3,(H,26,29). The van der Waals surface area contributed by atoms with Crippen LogP contribution in [0.4, 0.5) is 0 Å². The van der Waals surface area contributed by atoms with Gasteiger partial charge in [0.1, 0.15) is 11.6 Å². The van der Waals surface area contributed by atoms with Gasteiger partial charge in [0.15, 0.2) is 0 Å². The van der Waals surface area contributed by atoms with Gasteiger partial charge in [-0.15, -0.1) is 11.3 Å². The number of amides is 1. The van der Waals surface area contributed by atoms with E-state index in [0.29, 0.717) is 17.8 Å². The summed E-state index contributed by atoms with van der Waals surface area (Å²) >= 11 is 1.45. The number of methoxy groups -OCH3 is 1. The second kappa shape index (κ2) is 11.2. The summed E-state index contributed by atoms with van der Waals surface area (Å²) in [5.41, 5.74) is 1.95. The van der Waals surface area contributed by atoms with E-state index in [1.165, 1.54) is 11.3 Å². The van der Waals surface area contributed by atoms with Crippen LogP contribution in [-0.4, -0.2) is 67.3 Å². The fourth-order valence-corrected chi connectivity index (χ4v) is 4.45. The zero-order chi connectivity index (χ0) is 22.2. The molecule has 1 N–H and O–H groups in total. The summed E-state index contributed by atoms with van der Waals surface area (Å²) < 4.78 is 10.6. The lowest BCUT2D eigenvalue weighted by Crippen LogP contribution is -2.38. The average molecular weight is 453 g/mol. The van der Waals surface area contributed by atoms with Crippen molar-refractivity contribution >= 4 is 17.2 Å². The zero-order valence-corrected chi connectivity index (χ0v) is 19.1. The molecular formula is C24H28N4O3S. The van der Waals surface area contributed by atoms with E-state index in [1.54, 1.807) is 13.3 Å². The van der Waals surface area contributed by atoms with E-state index in [0.717, 1.165) is 67.0 Å². The number of nitrogens with one attached hydrogen (secondary N) is 1. The summed E-state index contributed by atoms with van der Waals surface area (Å²) in [7, 11) is 1.66. The van der Waals surface area contributed by atoms with Crippen molar-refractivity contribution in [2.45, 2.75) is 12.8 Å². The lowest BCUT2D eigenvalue weighted by molar-refractivity contribution is 0.0374. The molecule has 0 aliphatic carbocycles. The van der Waals surface area contributed by atoms with E-state index in [4.69, 9.17) is 14.5 Å². The largest absolute Gasteiger partial charge is 0.497 e. The summed E-state index contributed by atoms with van der Waals surface area (Å²) in [4.78, 5) is 25.7. The Hall–Kier alpha value is -2.81. The van der Waals surface area contributed by atoms with Gasteiger partial charge in [0.25, 0.3) is 5.91 Å². The van der Waals surface area contributed by atoms with E-state index < -0.39 is 0 Å². The van der Waals surface area contributed by atoms with Crippen LogP contribution in [0.15, 0.2) is 48.7 Å². The highest BCUT2D eigenvalue weighted by atomic mass is 32.1. The molecule has 1 fully saturated rings. The topological polar surface area (TPSA) is 76.6 Å². The molecule has 3 heterocycles. The molecule has 32 heavy (non-hydrogen) atoms. The fraction of sp³-hybridized carbons (Fsp3) is 0.375. The van der Waals surface area contributed by atoms with Gasteiger partial charge in [0.2, 0.25) is 0 Å². The van der Waals surface area contributed by atoms with Gasteiger partial charge in [0, 0.05) is 32.3 Å². The van der Waals surface area contributed by atoms with Gasteiger partial charge in [-0.1, -0.05) is 12.1 Å². The van der Waals surface area contributed by atoms with Gasteiger partial charge in [0.05, 0.1) is 35.8 Å². The second-order valence-electron chi connectivity index (χ2n) is 7.61. The van der Waals surface area contributed by atoms with Crippen LogP contribution >= 0.6 is 11.3 Å². The van der Waals surface area contributed by atoms with Crippen LogP contribution in [0.1, 0.15) is 27.5 Å². The van der Waals surface area contributed by atoms with E-state index in [-0.39, 0.29) is 5.91 Å². The number of nitrogens with zero attached hydrogens (tertiary/aromatic N) is 3. The molecule has 0 saturated carbocycles. The molecule has 4 rings (SSSR count). The van der Waals surface area contributed by atoms with Crippen LogP contribution in [-0.2, 0) is 11.2 Å². The third-order valence-corrected chi connectivity index (χ3v) is 6.46. The third-order valence-electron chi connectivity index (χ3n) is 5.35. The number of aromatic nitrogens is 2. The predicted octanol–water partition coefficient (Wildman–Crippen LogP) is 3.26. The lowest BCUT2D eigenvalue weighted by Gasteiger charge is -2.26. The smallest absolute Gasteiger partial charge is 0.261 e. The van der Waals surface area contributed by atoms with Crippen molar-refractivity contribution in [1.82, 2.24) is 20.2 Å². The Morgan fingerprint density at radius 1 is 1.16 bits per heavy atom. The fourth-order valence-electron chi connectivity index (χ4n) is 3.56. The van der Waals surface area contributed by atoms with Crippen molar-refractivity contribution in [1.29, 1.82) is 0 Å². The molecule has 1 aromatic carbocycles. The Balaban J connectivity index is 1.31. The summed E-state index contributed by atoms with van der Waals surface area (Å²) in [5.74, 6) is 1.54. The molecule has 7 nitrogen and oxygen atoms in total. The Kier molecular flexibility index (Phi) is 7.82. The molecule has 8 heteroatoms. The minimum atomic E-state index is -0.0317. The number of rotatable bonds is 9. The van der Waals surface area contributed by atoms with Crippen LogP contribution < -0.4 is 10.1 Å². The zero-order valence-electron chi connectivity index (χ0n) is 18.3. The first-order valence-electron chi connectivity index (χ1n) is 10.8. The minimum Gasteiger partial charge on any atom is -0.497 e. The van der Waals surface area contributed by atoms with Crippen LogP contribution in [0, 0.1) is 0 Å². The molecule has 168 valence electrons. The summed E-state index contributed by atoms with van der Waals surface area (Å²) in [5, 5.41) is 3.03. The number of carbonyl (C=O) groups is 1. The van der Waals surface area contributed by atoms with Crippen molar-refractivity contribution in [2.75, 3.05) is 46.5 Å².